The number of hydrogen-bond acceptors (Lipinski definition) is 3. The van der Waals surface area contributed by atoms with E-state index < -0.39 is 0 Å². The molecule has 2 aliphatic heterocycles. The molecule has 1 aromatic carbocycles. The largest absolute Gasteiger partial charge is 0.358 e. The summed E-state index contributed by atoms with van der Waals surface area (Å²) in [4.78, 5) is 4.65. The highest BCUT2D eigenvalue weighted by molar-refractivity contribution is 5.65. The molecule has 1 aromatic rings. The maximum absolute atomic E-state index is 8.98. The average Bonchev–Trinajstić information content (AvgIpc) is 3.07. The van der Waals surface area contributed by atoms with Gasteiger partial charge in [-0.2, -0.15) is 5.26 Å². The Morgan fingerprint density at radius 2 is 2.24 bits per heavy atom. The molecule has 3 aliphatic rings. The Bertz CT molecular complexity index is 569. The molecule has 84 valence electrons. The van der Waals surface area contributed by atoms with E-state index in [-0.39, 0.29) is 0 Å². The molecule has 3 nitrogen and oxygen atoms in total. The molecule has 1 aliphatic carbocycles. The Morgan fingerprint density at radius 3 is 3.06 bits per heavy atom. The fourth-order valence-corrected chi connectivity index (χ4v) is 3.34. The van der Waals surface area contributed by atoms with Gasteiger partial charge in [-0.25, -0.2) is 0 Å². The van der Waals surface area contributed by atoms with Crippen LogP contribution in [0.15, 0.2) is 30.6 Å². The summed E-state index contributed by atoms with van der Waals surface area (Å²) in [6.07, 6.45) is 6.06. The van der Waals surface area contributed by atoms with E-state index >= 15 is 0 Å². The Hall–Kier alpha value is -1.95. The van der Waals surface area contributed by atoms with Crippen molar-refractivity contribution in [1.82, 2.24) is 4.90 Å². The van der Waals surface area contributed by atoms with Crippen LogP contribution in [0.2, 0.25) is 0 Å². The van der Waals surface area contributed by atoms with Crippen molar-refractivity contribution in [2.75, 3.05) is 11.9 Å². The number of benzene rings is 1. The van der Waals surface area contributed by atoms with Gasteiger partial charge in [0.05, 0.1) is 11.6 Å². The molecule has 0 amide bonds. The highest BCUT2D eigenvalue weighted by Crippen LogP contribution is 2.59. The lowest BCUT2D eigenvalue weighted by atomic mass is 9.98. The molecule has 0 N–H and O–H groups in total. The lowest BCUT2D eigenvalue weighted by molar-refractivity contribution is 0.314. The van der Waals surface area contributed by atoms with Gasteiger partial charge < -0.3 is 9.80 Å². The average molecular weight is 223 g/mol. The number of anilines is 1. The topological polar surface area (TPSA) is 30.3 Å². The molecule has 0 saturated heterocycles. The smallest absolute Gasteiger partial charge is 0.108 e. The van der Waals surface area contributed by atoms with E-state index in [9.17, 15) is 0 Å². The molecule has 3 unspecified atom stereocenters. The molecule has 3 atom stereocenters. The summed E-state index contributed by atoms with van der Waals surface area (Å²) >= 11 is 0. The van der Waals surface area contributed by atoms with Crippen molar-refractivity contribution in [3.63, 3.8) is 0 Å². The third-order valence-electron chi connectivity index (χ3n) is 4.22. The third-order valence-corrected chi connectivity index (χ3v) is 4.22. The SMILES string of the molecule is CN1C=CN2c3ccc(C#N)cc3C3CC3C12. The summed E-state index contributed by atoms with van der Waals surface area (Å²) in [6.45, 7) is 0. The van der Waals surface area contributed by atoms with Crippen LogP contribution in [-0.2, 0) is 0 Å². The molecule has 3 heteroatoms. The van der Waals surface area contributed by atoms with Gasteiger partial charge in [-0.1, -0.05) is 0 Å². The normalized spacial score (nSPS) is 31.6. The van der Waals surface area contributed by atoms with E-state index in [1.54, 1.807) is 0 Å². The van der Waals surface area contributed by atoms with Crippen molar-refractivity contribution in [2.24, 2.45) is 5.92 Å². The predicted octanol–water partition coefficient (Wildman–Crippen LogP) is 2.22. The molecule has 0 bridgehead atoms. The number of nitrogens with zero attached hydrogens (tertiary/aromatic N) is 3. The standard InChI is InChI=1S/C14H13N3/c1-16-4-5-17-13-3-2-9(8-15)6-11(13)10-7-12(10)14(16)17/h2-6,10,12,14H,7H2,1H3. The van der Waals surface area contributed by atoms with Gasteiger partial charge >= 0.3 is 0 Å². The lowest BCUT2D eigenvalue weighted by Gasteiger charge is -2.35. The fourth-order valence-electron chi connectivity index (χ4n) is 3.34. The van der Waals surface area contributed by atoms with Crippen LogP contribution in [-0.4, -0.2) is 18.1 Å². The minimum Gasteiger partial charge on any atom is -0.358 e. The number of fused-ring (bicyclic) bond motifs is 6. The maximum atomic E-state index is 8.98. The second kappa shape index (κ2) is 2.84. The van der Waals surface area contributed by atoms with E-state index in [0.29, 0.717) is 12.1 Å². The van der Waals surface area contributed by atoms with Gasteiger partial charge in [0.1, 0.15) is 6.17 Å². The molecule has 1 saturated carbocycles. The van der Waals surface area contributed by atoms with Crippen LogP contribution in [0.25, 0.3) is 0 Å². The summed E-state index contributed by atoms with van der Waals surface area (Å²) < 4.78 is 0. The molecule has 0 aromatic heterocycles. The van der Waals surface area contributed by atoms with Crippen LogP contribution in [0.5, 0.6) is 0 Å². The van der Waals surface area contributed by atoms with Crippen molar-refractivity contribution >= 4 is 5.69 Å². The van der Waals surface area contributed by atoms with E-state index in [2.05, 4.69) is 47.4 Å². The minimum absolute atomic E-state index is 0.500. The molecular formula is C14H13N3. The first-order valence-electron chi connectivity index (χ1n) is 6.02. The van der Waals surface area contributed by atoms with Crippen molar-refractivity contribution in [3.05, 3.63) is 41.7 Å². The Morgan fingerprint density at radius 1 is 1.35 bits per heavy atom. The van der Waals surface area contributed by atoms with Crippen molar-refractivity contribution < 1.29 is 0 Å². The molecule has 4 rings (SSSR count). The first-order chi connectivity index (χ1) is 8.29. The van der Waals surface area contributed by atoms with Crippen molar-refractivity contribution in [1.29, 1.82) is 5.26 Å². The van der Waals surface area contributed by atoms with Crippen molar-refractivity contribution in [2.45, 2.75) is 18.5 Å². The van der Waals surface area contributed by atoms with E-state index in [1.165, 1.54) is 17.7 Å². The Labute approximate surface area is 101 Å². The Kier molecular flexibility index (Phi) is 1.52. The van der Waals surface area contributed by atoms with Crippen LogP contribution in [0.3, 0.4) is 0 Å². The van der Waals surface area contributed by atoms with Gasteiger partial charge in [0.15, 0.2) is 0 Å². The second-order valence-corrected chi connectivity index (χ2v) is 5.18. The van der Waals surface area contributed by atoms with E-state index in [0.717, 1.165) is 11.5 Å². The zero-order valence-corrected chi connectivity index (χ0v) is 9.67. The zero-order valence-electron chi connectivity index (χ0n) is 9.67. The van der Waals surface area contributed by atoms with Gasteiger partial charge in [0, 0.05) is 31.1 Å². The Balaban J connectivity index is 1.88. The molecule has 0 radical (unpaired) electrons. The first kappa shape index (κ1) is 9.12. The van der Waals surface area contributed by atoms with Crippen LogP contribution < -0.4 is 4.90 Å². The number of rotatable bonds is 0. The van der Waals surface area contributed by atoms with Crippen LogP contribution >= 0.6 is 0 Å². The first-order valence-corrected chi connectivity index (χ1v) is 6.02. The van der Waals surface area contributed by atoms with Crippen molar-refractivity contribution in [3.8, 4) is 6.07 Å². The van der Waals surface area contributed by atoms with E-state index in [1.807, 2.05) is 6.07 Å². The summed E-state index contributed by atoms with van der Waals surface area (Å²) in [5, 5.41) is 8.98. The van der Waals surface area contributed by atoms with Crippen LogP contribution in [0.1, 0.15) is 23.5 Å². The van der Waals surface area contributed by atoms with Gasteiger partial charge in [0.25, 0.3) is 0 Å². The lowest BCUT2D eigenvalue weighted by Crippen LogP contribution is -2.41. The second-order valence-electron chi connectivity index (χ2n) is 5.18. The maximum Gasteiger partial charge on any atom is 0.108 e. The molecular weight excluding hydrogens is 210 g/mol. The molecule has 0 spiro atoms. The fraction of sp³-hybridized carbons (Fsp3) is 0.357. The van der Waals surface area contributed by atoms with Crippen LogP contribution in [0.4, 0.5) is 5.69 Å². The van der Waals surface area contributed by atoms with Gasteiger partial charge in [-0.15, -0.1) is 0 Å². The predicted molar refractivity (Wildman–Crippen MR) is 65.2 cm³/mol. The highest BCUT2D eigenvalue weighted by atomic mass is 15.4. The van der Waals surface area contributed by atoms with Gasteiger partial charge in [0.2, 0.25) is 0 Å². The van der Waals surface area contributed by atoms with Gasteiger partial charge in [-0.3, -0.25) is 0 Å². The quantitative estimate of drug-likeness (QED) is 0.675. The summed E-state index contributed by atoms with van der Waals surface area (Å²) in [7, 11) is 2.14. The zero-order chi connectivity index (χ0) is 11.6. The monoisotopic (exact) mass is 223 g/mol. The number of nitriles is 1. The molecule has 1 fully saturated rings. The third kappa shape index (κ3) is 1.05. The minimum atomic E-state index is 0.500. The van der Waals surface area contributed by atoms with Crippen LogP contribution in [0, 0.1) is 17.2 Å². The molecule has 17 heavy (non-hydrogen) atoms. The number of hydrogen-bond donors (Lipinski definition) is 0. The summed E-state index contributed by atoms with van der Waals surface area (Å²) in [6, 6.07) is 8.33. The highest BCUT2D eigenvalue weighted by Gasteiger charge is 2.53. The van der Waals surface area contributed by atoms with Gasteiger partial charge in [-0.05, 0) is 36.1 Å². The summed E-state index contributed by atoms with van der Waals surface area (Å²) in [5.41, 5.74) is 3.43. The molecule has 2 heterocycles. The summed E-state index contributed by atoms with van der Waals surface area (Å²) in [5.74, 6) is 1.40. The van der Waals surface area contributed by atoms with E-state index in [4.69, 9.17) is 5.26 Å².